The Morgan fingerprint density at radius 3 is 2.68 bits per heavy atom. The maximum Gasteiger partial charge on any atom is 0.344 e. The first-order valence-electron chi connectivity index (χ1n) is 5.76. The minimum Gasteiger partial charge on any atom is -0.482 e. The number of nitrogens with zero attached hydrogens (tertiary/aromatic N) is 2. The van der Waals surface area contributed by atoms with Crippen molar-refractivity contribution in [2.75, 3.05) is 12.3 Å². The van der Waals surface area contributed by atoms with Gasteiger partial charge in [0, 0.05) is 18.9 Å². The van der Waals surface area contributed by atoms with Crippen molar-refractivity contribution in [3.05, 3.63) is 42.2 Å². The minimum absolute atomic E-state index is 0.142. The first-order valence-corrected chi connectivity index (χ1v) is 5.76. The number of aromatic nitrogens is 2. The van der Waals surface area contributed by atoms with E-state index in [1.54, 1.807) is 48.3 Å². The molecule has 0 bridgehead atoms. The Balaban J connectivity index is 1.74. The van der Waals surface area contributed by atoms with Gasteiger partial charge in [-0.2, -0.15) is 5.10 Å². The summed E-state index contributed by atoms with van der Waals surface area (Å²) in [5, 5.41) is 4.10. The van der Waals surface area contributed by atoms with Gasteiger partial charge in [-0.1, -0.05) is 0 Å². The van der Waals surface area contributed by atoms with Crippen molar-refractivity contribution in [1.29, 1.82) is 0 Å². The van der Waals surface area contributed by atoms with Crippen molar-refractivity contribution >= 4 is 11.7 Å². The van der Waals surface area contributed by atoms with Crippen molar-refractivity contribution in [2.45, 2.75) is 6.61 Å². The highest BCUT2D eigenvalue weighted by atomic mass is 16.6. The number of anilines is 1. The van der Waals surface area contributed by atoms with E-state index in [0.717, 1.165) is 0 Å². The molecule has 2 aromatic rings. The van der Waals surface area contributed by atoms with E-state index < -0.39 is 5.97 Å². The van der Waals surface area contributed by atoms with Crippen LogP contribution in [0.2, 0.25) is 0 Å². The van der Waals surface area contributed by atoms with Crippen LogP contribution < -0.4 is 10.5 Å². The van der Waals surface area contributed by atoms with Gasteiger partial charge < -0.3 is 15.2 Å². The van der Waals surface area contributed by atoms with Crippen LogP contribution in [-0.2, 0) is 23.2 Å². The quantitative estimate of drug-likeness (QED) is 0.644. The monoisotopic (exact) mass is 261 g/mol. The summed E-state index contributed by atoms with van der Waals surface area (Å²) in [6, 6.07) is 8.58. The second kappa shape index (κ2) is 5.90. The Kier molecular flexibility index (Phi) is 4.02. The first-order chi connectivity index (χ1) is 9.13. The molecule has 19 heavy (non-hydrogen) atoms. The zero-order valence-electron chi connectivity index (χ0n) is 10.6. The van der Waals surface area contributed by atoms with Crippen LogP contribution in [-0.4, -0.2) is 22.4 Å². The summed E-state index contributed by atoms with van der Waals surface area (Å²) in [4.78, 5) is 11.5. The van der Waals surface area contributed by atoms with Crippen LogP contribution in [0.1, 0.15) is 5.69 Å². The summed E-state index contributed by atoms with van der Waals surface area (Å²) in [5.41, 5.74) is 6.88. The molecule has 1 heterocycles. The van der Waals surface area contributed by atoms with E-state index in [0.29, 0.717) is 17.1 Å². The maximum atomic E-state index is 11.5. The molecule has 6 nitrogen and oxygen atoms in total. The number of benzene rings is 1. The minimum atomic E-state index is -0.442. The van der Waals surface area contributed by atoms with Gasteiger partial charge in [0.05, 0.1) is 5.69 Å². The van der Waals surface area contributed by atoms with Gasteiger partial charge in [-0.15, -0.1) is 0 Å². The van der Waals surface area contributed by atoms with Crippen molar-refractivity contribution in [3.8, 4) is 5.75 Å². The van der Waals surface area contributed by atoms with Gasteiger partial charge in [-0.25, -0.2) is 4.79 Å². The lowest BCUT2D eigenvalue weighted by Crippen LogP contribution is -2.15. The van der Waals surface area contributed by atoms with E-state index in [1.807, 2.05) is 0 Å². The molecular weight excluding hydrogens is 246 g/mol. The van der Waals surface area contributed by atoms with Crippen molar-refractivity contribution in [2.24, 2.45) is 7.05 Å². The number of aryl methyl sites for hydroxylation is 1. The molecule has 0 saturated heterocycles. The Morgan fingerprint density at radius 2 is 2.05 bits per heavy atom. The predicted octanol–water partition coefficient (Wildman–Crippen LogP) is 1.12. The molecule has 0 unspecified atom stereocenters. The molecule has 2 N–H and O–H groups in total. The second-order valence-corrected chi connectivity index (χ2v) is 4.00. The van der Waals surface area contributed by atoms with Gasteiger partial charge in [0.25, 0.3) is 0 Å². The van der Waals surface area contributed by atoms with E-state index in [2.05, 4.69) is 5.10 Å². The zero-order chi connectivity index (χ0) is 13.7. The summed E-state index contributed by atoms with van der Waals surface area (Å²) >= 11 is 0. The second-order valence-electron chi connectivity index (χ2n) is 4.00. The Hall–Kier alpha value is -2.50. The number of carbonyl (C=O) groups is 1. The Morgan fingerprint density at radius 1 is 1.32 bits per heavy atom. The third kappa shape index (κ3) is 4.02. The number of nitrogens with two attached hydrogens (primary N) is 1. The molecule has 1 aromatic carbocycles. The first kappa shape index (κ1) is 12.9. The standard InChI is InChI=1S/C13H15N3O3/c1-16-7-6-11(15-16)8-19-13(17)9-18-12-4-2-10(14)3-5-12/h2-7H,8-9,14H2,1H3. The molecule has 0 spiro atoms. The molecule has 100 valence electrons. The van der Waals surface area contributed by atoms with Gasteiger partial charge in [0.15, 0.2) is 6.61 Å². The fourth-order valence-corrected chi connectivity index (χ4v) is 1.44. The smallest absolute Gasteiger partial charge is 0.344 e. The van der Waals surface area contributed by atoms with Crippen LogP contribution in [0.4, 0.5) is 5.69 Å². The van der Waals surface area contributed by atoms with Crippen LogP contribution in [0.5, 0.6) is 5.75 Å². The van der Waals surface area contributed by atoms with Gasteiger partial charge in [-0.3, -0.25) is 4.68 Å². The number of nitrogen functional groups attached to an aromatic ring is 1. The summed E-state index contributed by atoms with van der Waals surface area (Å²) in [5.74, 6) is 0.131. The summed E-state index contributed by atoms with van der Waals surface area (Å²) in [6.07, 6.45) is 1.79. The number of esters is 1. The lowest BCUT2D eigenvalue weighted by Gasteiger charge is -2.06. The molecule has 0 aliphatic carbocycles. The van der Waals surface area contributed by atoms with Crippen LogP contribution in [0.3, 0.4) is 0 Å². The summed E-state index contributed by atoms with van der Waals surface area (Å²) in [6.45, 7) is 0.00151. The molecule has 0 fully saturated rings. The highest BCUT2D eigenvalue weighted by Gasteiger charge is 2.06. The number of rotatable bonds is 5. The molecule has 0 radical (unpaired) electrons. The van der Waals surface area contributed by atoms with E-state index in [1.165, 1.54) is 0 Å². The summed E-state index contributed by atoms with van der Waals surface area (Å²) in [7, 11) is 1.80. The van der Waals surface area contributed by atoms with Crippen LogP contribution in [0.25, 0.3) is 0 Å². The van der Waals surface area contributed by atoms with E-state index in [4.69, 9.17) is 15.2 Å². The largest absolute Gasteiger partial charge is 0.482 e. The lowest BCUT2D eigenvalue weighted by atomic mass is 10.3. The molecule has 0 atom stereocenters. The number of hydrogen-bond donors (Lipinski definition) is 1. The molecule has 0 aliphatic rings. The Bertz CT molecular complexity index is 549. The van der Waals surface area contributed by atoms with Crippen molar-refractivity contribution < 1.29 is 14.3 Å². The van der Waals surface area contributed by atoms with Gasteiger partial charge in [0.1, 0.15) is 12.4 Å². The van der Waals surface area contributed by atoms with Gasteiger partial charge >= 0.3 is 5.97 Å². The summed E-state index contributed by atoms with van der Waals surface area (Å²) < 4.78 is 11.9. The maximum absolute atomic E-state index is 11.5. The topological polar surface area (TPSA) is 79.4 Å². The molecule has 0 amide bonds. The normalized spacial score (nSPS) is 10.2. The molecule has 6 heteroatoms. The average molecular weight is 261 g/mol. The average Bonchev–Trinajstić information content (AvgIpc) is 2.81. The SMILES string of the molecule is Cn1ccc(COC(=O)COc2ccc(N)cc2)n1. The van der Waals surface area contributed by atoms with E-state index >= 15 is 0 Å². The number of hydrogen-bond acceptors (Lipinski definition) is 5. The van der Waals surface area contributed by atoms with E-state index in [-0.39, 0.29) is 13.2 Å². The van der Waals surface area contributed by atoms with Crippen molar-refractivity contribution in [3.63, 3.8) is 0 Å². The van der Waals surface area contributed by atoms with Crippen molar-refractivity contribution in [1.82, 2.24) is 9.78 Å². The fraction of sp³-hybridized carbons (Fsp3) is 0.231. The third-order valence-corrected chi connectivity index (χ3v) is 2.39. The molecule has 0 saturated carbocycles. The fourth-order valence-electron chi connectivity index (χ4n) is 1.44. The molecular formula is C13H15N3O3. The van der Waals surface area contributed by atoms with E-state index in [9.17, 15) is 4.79 Å². The molecule has 1 aromatic heterocycles. The zero-order valence-corrected chi connectivity index (χ0v) is 10.6. The number of ether oxygens (including phenoxy) is 2. The molecule has 2 rings (SSSR count). The van der Waals surface area contributed by atoms with Crippen LogP contribution in [0, 0.1) is 0 Å². The van der Waals surface area contributed by atoms with Crippen LogP contribution >= 0.6 is 0 Å². The number of carbonyl (C=O) groups excluding carboxylic acids is 1. The molecule has 0 aliphatic heterocycles. The third-order valence-electron chi connectivity index (χ3n) is 2.39. The Labute approximate surface area is 110 Å². The highest BCUT2D eigenvalue weighted by molar-refractivity contribution is 5.71. The van der Waals surface area contributed by atoms with Crippen LogP contribution in [0.15, 0.2) is 36.5 Å². The van der Waals surface area contributed by atoms with Gasteiger partial charge in [-0.05, 0) is 30.3 Å². The lowest BCUT2D eigenvalue weighted by molar-refractivity contribution is -0.147. The predicted molar refractivity (Wildman–Crippen MR) is 69.4 cm³/mol. The highest BCUT2D eigenvalue weighted by Crippen LogP contribution is 2.12. The van der Waals surface area contributed by atoms with Gasteiger partial charge in [0.2, 0.25) is 0 Å².